The second-order valence-electron chi connectivity index (χ2n) is 6.22. The molecule has 1 aliphatic carbocycles. The van der Waals surface area contributed by atoms with Gasteiger partial charge < -0.3 is 14.8 Å². The monoisotopic (exact) mass is 371 g/mol. The molecule has 1 heterocycles. The number of phenolic OH excluding ortho intramolecular Hbond substituents is 1. The third-order valence-electron chi connectivity index (χ3n) is 4.61. The minimum Gasteiger partial charge on any atom is -0.503 e. The van der Waals surface area contributed by atoms with E-state index in [1.165, 1.54) is 19.2 Å². The zero-order chi connectivity index (χ0) is 18.4. The first-order chi connectivity index (χ1) is 12.5. The number of Topliss-reactive ketones (excluding diaryl/α,β-unsaturated/α-hetero) is 1. The minimum atomic E-state index is -0.377. The summed E-state index contributed by atoms with van der Waals surface area (Å²) in [4.78, 5) is 16.2. The maximum absolute atomic E-state index is 13.6. The standard InChI is InChI=1S/C20H15ClFNO3/c1-26-17-8-10(7-14(21)20(17)25)6-11-2-4-16-18(19(11)24)13-9-12(22)3-5-15(13)23-16/h3,5-9,23,25H,2,4H2,1H3/b11-6+. The topological polar surface area (TPSA) is 62.3 Å². The molecule has 3 aromatic rings. The second-order valence-corrected chi connectivity index (χ2v) is 6.63. The Hall–Kier alpha value is -2.79. The van der Waals surface area contributed by atoms with E-state index in [1.54, 1.807) is 24.3 Å². The van der Waals surface area contributed by atoms with Gasteiger partial charge >= 0.3 is 0 Å². The van der Waals surface area contributed by atoms with E-state index in [4.69, 9.17) is 16.3 Å². The molecule has 0 atom stereocenters. The van der Waals surface area contributed by atoms with Crippen molar-refractivity contribution in [2.75, 3.05) is 7.11 Å². The quantitative estimate of drug-likeness (QED) is 0.630. The van der Waals surface area contributed by atoms with Crippen LogP contribution >= 0.6 is 11.6 Å². The number of carbonyl (C=O) groups is 1. The number of aromatic nitrogens is 1. The Bertz CT molecular complexity index is 1080. The second kappa shape index (κ2) is 6.18. The molecule has 132 valence electrons. The smallest absolute Gasteiger partial charge is 0.191 e. The Labute approximate surface area is 153 Å². The molecular weight excluding hydrogens is 357 g/mol. The Kier molecular flexibility index (Phi) is 3.96. The molecule has 6 heteroatoms. The van der Waals surface area contributed by atoms with Crippen LogP contribution in [0.15, 0.2) is 35.9 Å². The molecule has 0 spiro atoms. The first-order valence-electron chi connectivity index (χ1n) is 8.10. The van der Waals surface area contributed by atoms with Crippen molar-refractivity contribution in [3.63, 3.8) is 0 Å². The van der Waals surface area contributed by atoms with Gasteiger partial charge in [0.2, 0.25) is 0 Å². The van der Waals surface area contributed by atoms with E-state index in [2.05, 4.69) is 4.98 Å². The van der Waals surface area contributed by atoms with Crippen LogP contribution in [-0.4, -0.2) is 23.0 Å². The number of hydrogen-bond donors (Lipinski definition) is 2. The predicted molar refractivity (Wildman–Crippen MR) is 98.6 cm³/mol. The maximum atomic E-state index is 13.6. The number of benzene rings is 2. The van der Waals surface area contributed by atoms with Crippen molar-refractivity contribution in [1.82, 2.24) is 4.98 Å². The summed E-state index contributed by atoms with van der Waals surface area (Å²) in [6.45, 7) is 0. The van der Waals surface area contributed by atoms with Crippen LogP contribution in [0.25, 0.3) is 17.0 Å². The van der Waals surface area contributed by atoms with Gasteiger partial charge in [0.15, 0.2) is 17.3 Å². The number of aromatic amines is 1. The van der Waals surface area contributed by atoms with Gasteiger partial charge in [-0.05, 0) is 54.8 Å². The molecule has 1 aliphatic rings. The summed E-state index contributed by atoms with van der Waals surface area (Å²) in [6, 6.07) is 7.59. The van der Waals surface area contributed by atoms with Gasteiger partial charge in [-0.2, -0.15) is 0 Å². The summed E-state index contributed by atoms with van der Waals surface area (Å²) in [5.74, 6) is -0.410. The number of carbonyl (C=O) groups excluding carboxylic acids is 1. The SMILES string of the molecule is COc1cc(/C=C2\CCc3[nH]c4ccc(F)cc4c3C2=O)cc(Cl)c1O. The van der Waals surface area contributed by atoms with Crippen molar-refractivity contribution in [1.29, 1.82) is 0 Å². The molecular formula is C20H15ClFNO3. The van der Waals surface area contributed by atoms with E-state index in [9.17, 15) is 14.3 Å². The first-order valence-corrected chi connectivity index (χ1v) is 8.47. The summed E-state index contributed by atoms with van der Waals surface area (Å²) in [7, 11) is 1.43. The van der Waals surface area contributed by atoms with Gasteiger partial charge in [0.25, 0.3) is 0 Å². The summed E-state index contributed by atoms with van der Waals surface area (Å²) in [5.41, 5.74) is 3.36. The molecule has 0 saturated heterocycles. The van der Waals surface area contributed by atoms with Crippen LogP contribution in [0.4, 0.5) is 4.39 Å². The average molecular weight is 372 g/mol. The van der Waals surface area contributed by atoms with Crippen molar-refractivity contribution in [3.05, 3.63) is 63.6 Å². The maximum Gasteiger partial charge on any atom is 0.191 e. The molecule has 0 aliphatic heterocycles. The lowest BCUT2D eigenvalue weighted by molar-refractivity contribution is 0.102. The van der Waals surface area contributed by atoms with Crippen LogP contribution in [0.2, 0.25) is 5.02 Å². The number of ketones is 1. The van der Waals surface area contributed by atoms with E-state index in [0.717, 1.165) is 11.2 Å². The van der Waals surface area contributed by atoms with Gasteiger partial charge in [-0.25, -0.2) is 4.39 Å². The van der Waals surface area contributed by atoms with Crippen molar-refractivity contribution >= 4 is 34.4 Å². The number of aromatic hydroxyl groups is 1. The molecule has 2 N–H and O–H groups in total. The lowest BCUT2D eigenvalue weighted by Crippen LogP contribution is -2.13. The lowest BCUT2D eigenvalue weighted by atomic mass is 9.88. The van der Waals surface area contributed by atoms with Gasteiger partial charge in [0, 0.05) is 22.2 Å². The Morgan fingerprint density at radius 3 is 2.85 bits per heavy atom. The number of nitrogens with one attached hydrogen (secondary N) is 1. The number of phenols is 1. The number of halogens is 2. The van der Waals surface area contributed by atoms with Crippen LogP contribution in [0.5, 0.6) is 11.5 Å². The zero-order valence-corrected chi connectivity index (χ0v) is 14.7. The number of H-pyrrole nitrogens is 1. The Morgan fingerprint density at radius 1 is 1.27 bits per heavy atom. The van der Waals surface area contributed by atoms with E-state index in [0.29, 0.717) is 34.9 Å². The number of allylic oxidation sites excluding steroid dienone is 1. The molecule has 0 saturated carbocycles. The first kappa shape index (κ1) is 16.7. The summed E-state index contributed by atoms with van der Waals surface area (Å²) in [5, 5.41) is 10.6. The number of ether oxygens (including phenoxy) is 1. The van der Waals surface area contributed by atoms with Gasteiger partial charge in [0.1, 0.15) is 5.82 Å². The molecule has 0 radical (unpaired) electrons. The third-order valence-corrected chi connectivity index (χ3v) is 4.90. The van der Waals surface area contributed by atoms with E-state index >= 15 is 0 Å². The number of aryl methyl sites for hydroxylation is 1. The Morgan fingerprint density at radius 2 is 2.08 bits per heavy atom. The summed E-state index contributed by atoms with van der Waals surface area (Å²) < 4.78 is 18.7. The summed E-state index contributed by atoms with van der Waals surface area (Å²) in [6.07, 6.45) is 2.95. The normalized spacial score (nSPS) is 15.5. The predicted octanol–water partition coefficient (Wildman–Crippen LogP) is 4.89. The fourth-order valence-corrected chi connectivity index (χ4v) is 3.59. The molecule has 0 amide bonds. The molecule has 26 heavy (non-hydrogen) atoms. The molecule has 2 aromatic carbocycles. The third kappa shape index (κ3) is 2.65. The molecule has 0 unspecified atom stereocenters. The number of rotatable bonds is 2. The molecule has 4 nitrogen and oxygen atoms in total. The van der Waals surface area contributed by atoms with E-state index < -0.39 is 0 Å². The highest BCUT2D eigenvalue weighted by Crippen LogP contribution is 2.37. The largest absolute Gasteiger partial charge is 0.503 e. The van der Waals surface area contributed by atoms with Crippen LogP contribution < -0.4 is 4.74 Å². The molecule has 0 fully saturated rings. The highest BCUT2D eigenvalue weighted by Gasteiger charge is 2.26. The fourth-order valence-electron chi connectivity index (χ4n) is 3.37. The van der Waals surface area contributed by atoms with Crippen molar-refractivity contribution < 1.29 is 19.0 Å². The molecule has 4 rings (SSSR count). The van der Waals surface area contributed by atoms with Crippen LogP contribution in [-0.2, 0) is 6.42 Å². The van der Waals surface area contributed by atoms with Crippen LogP contribution in [0.3, 0.4) is 0 Å². The van der Waals surface area contributed by atoms with Crippen LogP contribution in [0.1, 0.15) is 28.0 Å². The fraction of sp³-hybridized carbons (Fsp3) is 0.150. The number of fused-ring (bicyclic) bond motifs is 3. The van der Waals surface area contributed by atoms with E-state index in [-0.39, 0.29) is 28.1 Å². The van der Waals surface area contributed by atoms with E-state index in [1.807, 2.05) is 0 Å². The van der Waals surface area contributed by atoms with Crippen molar-refractivity contribution in [2.24, 2.45) is 0 Å². The van der Waals surface area contributed by atoms with Gasteiger partial charge in [-0.15, -0.1) is 0 Å². The molecule has 1 aromatic heterocycles. The summed E-state index contributed by atoms with van der Waals surface area (Å²) >= 11 is 6.02. The minimum absolute atomic E-state index is 0.133. The highest BCUT2D eigenvalue weighted by atomic mass is 35.5. The van der Waals surface area contributed by atoms with Gasteiger partial charge in [0.05, 0.1) is 17.7 Å². The van der Waals surface area contributed by atoms with Crippen LogP contribution in [0, 0.1) is 5.82 Å². The average Bonchev–Trinajstić information content (AvgIpc) is 2.98. The Balaban J connectivity index is 1.80. The highest BCUT2D eigenvalue weighted by molar-refractivity contribution is 6.32. The van der Waals surface area contributed by atoms with Gasteiger partial charge in [-0.1, -0.05) is 11.6 Å². The van der Waals surface area contributed by atoms with Crippen molar-refractivity contribution in [2.45, 2.75) is 12.8 Å². The molecule has 0 bridgehead atoms. The number of hydrogen-bond acceptors (Lipinski definition) is 3. The number of methoxy groups -OCH3 is 1. The lowest BCUT2D eigenvalue weighted by Gasteiger charge is -2.15. The van der Waals surface area contributed by atoms with Crippen molar-refractivity contribution in [3.8, 4) is 11.5 Å². The zero-order valence-electron chi connectivity index (χ0n) is 13.9. The van der Waals surface area contributed by atoms with Gasteiger partial charge in [-0.3, -0.25) is 4.79 Å².